The van der Waals surface area contributed by atoms with E-state index in [2.05, 4.69) is 15.4 Å². The number of carbonyl (C=O) groups excluding carboxylic acids is 1. The maximum Gasteiger partial charge on any atom is 0.223 e. The molecule has 2 aromatic carbocycles. The van der Waals surface area contributed by atoms with Crippen molar-refractivity contribution < 1.29 is 18.0 Å². The van der Waals surface area contributed by atoms with E-state index in [4.69, 9.17) is 0 Å². The maximum atomic E-state index is 14.5. The first-order valence-corrected chi connectivity index (χ1v) is 10.4. The second-order valence-electron chi connectivity index (χ2n) is 8.34. The van der Waals surface area contributed by atoms with E-state index in [1.165, 1.54) is 18.2 Å². The molecular weight excluding hydrogens is 417 g/mol. The number of carbonyl (C=O) groups is 1. The van der Waals surface area contributed by atoms with E-state index in [0.29, 0.717) is 36.0 Å². The van der Waals surface area contributed by atoms with Crippen LogP contribution in [0.2, 0.25) is 0 Å². The Labute approximate surface area is 182 Å². The van der Waals surface area contributed by atoms with Gasteiger partial charge in [-0.25, -0.2) is 13.2 Å². The normalized spacial score (nSPS) is 18.0. The van der Waals surface area contributed by atoms with Crippen LogP contribution >= 0.6 is 0 Å². The van der Waals surface area contributed by atoms with Gasteiger partial charge in [0.25, 0.3) is 0 Å². The molecule has 2 N–H and O–H groups in total. The molecule has 0 aliphatic heterocycles. The fourth-order valence-electron chi connectivity index (χ4n) is 4.47. The SMILES string of the molecule is Cn1cc(CNC(=O)C2CC(c3c(-c4ccc(F)cc4)[nH]c4c(F)cc(F)cc34)C2)cn1. The molecule has 0 atom stereocenters. The molecule has 0 bridgehead atoms. The predicted molar refractivity (Wildman–Crippen MR) is 114 cm³/mol. The van der Waals surface area contributed by atoms with Gasteiger partial charge in [0.2, 0.25) is 5.91 Å². The molecule has 0 unspecified atom stereocenters. The second kappa shape index (κ2) is 7.85. The minimum Gasteiger partial charge on any atom is -0.352 e. The summed E-state index contributed by atoms with van der Waals surface area (Å²) in [5, 5.41) is 7.47. The summed E-state index contributed by atoms with van der Waals surface area (Å²) in [5.41, 5.74) is 3.20. The van der Waals surface area contributed by atoms with Crippen LogP contribution in [0.15, 0.2) is 48.8 Å². The lowest BCUT2D eigenvalue weighted by molar-refractivity contribution is -0.128. The van der Waals surface area contributed by atoms with Gasteiger partial charge in [-0.15, -0.1) is 0 Å². The Morgan fingerprint density at radius 3 is 2.59 bits per heavy atom. The maximum absolute atomic E-state index is 14.5. The second-order valence-corrected chi connectivity index (χ2v) is 8.34. The molecule has 1 aliphatic carbocycles. The van der Waals surface area contributed by atoms with Crippen LogP contribution in [-0.2, 0) is 18.4 Å². The number of H-pyrrole nitrogens is 1. The molecular formula is C24H21F3N4O. The predicted octanol–water partition coefficient (Wildman–Crippen LogP) is 4.80. The van der Waals surface area contributed by atoms with Gasteiger partial charge in [-0.2, -0.15) is 5.10 Å². The summed E-state index contributed by atoms with van der Waals surface area (Å²) < 4.78 is 43.6. The molecule has 32 heavy (non-hydrogen) atoms. The number of nitrogens with one attached hydrogen (secondary N) is 2. The smallest absolute Gasteiger partial charge is 0.223 e. The first kappa shape index (κ1) is 20.4. The molecule has 5 nitrogen and oxygen atoms in total. The topological polar surface area (TPSA) is 62.7 Å². The highest BCUT2D eigenvalue weighted by Crippen LogP contribution is 2.48. The van der Waals surface area contributed by atoms with Gasteiger partial charge in [-0.1, -0.05) is 0 Å². The average molecular weight is 438 g/mol. The van der Waals surface area contributed by atoms with Crippen molar-refractivity contribution in [2.24, 2.45) is 13.0 Å². The summed E-state index contributed by atoms with van der Waals surface area (Å²) in [5.74, 6) is -1.99. The van der Waals surface area contributed by atoms with Crippen LogP contribution in [0.25, 0.3) is 22.2 Å². The van der Waals surface area contributed by atoms with Gasteiger partial charge in [0.15, 0.2) is 0 Å². The number of benzene rings is 2. The molecule has 4 aromatic rings. The van der Waals surface area contributed by atoms with Gasteiger partial charge in [0, 0.05) is 42.7 Å². The Balaban J connectivity index is 1.40. The number of rotatable bonds is 5. The number of aromatic amines is 1. The van der Waals surface area contributed by atoms with Crippen molar-refractivity contribution in [2.45, 2.75) is 25.3 Å². The van der Waals surface area contributed by atoms with Crippen LogP contribution in [0.3, 0.4) is 0 Å². The summed E-state index contributed by atoms with van der Waals surface area (Å²) in [4.78, 5) is 15.6. The van der Waals surface area contributed by atoms with Gasteiger partial charge in [-0.05, 0) is 60.2 Å². The van der Waals surface area contributed by atoms with Crippen LogP contribution in [0.5, 0.6) is 0 Å². The molecule has 8 heteroatoms. The van der Waals surface area contributed by atoms with Crippen molar-refractivity contribution in [3.05, 3.63) is 77.4 Å². The Morgan fingerprint density at radius 1 is 1.16 bits per heavy atom. The summed E-state index contributed by atoms with van der Waals surface area (Å²) in [6.45, 7) is 0.401. The average Bonchev–Trinajstić information content (AvgIpc) is 3.30. The quantitative estimate of drug-likeness (QED) is 0.470. The lowest BCUT2D eigenvalue weighted by atomic mass is 9.70. The Kier molecular flexibility index (Phi) is 5.00. The highest BCUT2D eigenvalue weighted by atomic mass is 19.1. The monoisotopic (exact) mass is 438 g/mol. The largest absolute Gasteiger partial charge is 0.352 e. The van der Waals surface area contributed by atoms with E-state index in [9.17, 15) is 18.0 Å². The zero-order chi connectivity index (χ0) is 22.4. The van der Waals surface area contributed by atoms with Crippen LogP contribution in [0.1, 0.15) is 29.9 Å². The van der Waals surface area contributed by atoms with Gasteiger partial charge in [0.1, 0.15) is 17.5 Å². The highest BCUT2D eigenvalue weighted by Gasteiger charge is 2.38. The summed E-state index contributed by atoms with van der Waals surface area (Å²) in [6.07, 6.45) is 4.68. The summed E-state index contributed by atoms with van der Waals surface area (Å²) in [6, 6.07) is 8.02. The number of amides is 1. The van der Waals surface area contributed by atoms with Crippen LogP contribution in [-0.4, -0.2) is 20.7 Å². The number of halogens is 3. The van der Waals surface area contributed by atoms with Crippen molar-refractivity contribution in [1.29, 1.82) is 0 Å². The lowest BCUT2D eigenvalue weighted by Crippen LogP contribution is -2.37. The van der Waals surface area contributed by atoms with Crippen molar-refractivity contribution in [3.63, 3.8) is 0 Å². The Bertz CT molecular complexity index is 1300. The molecule has 2 heterocycles. The Morgan fingerprint density at radius 2 is 1.91 bits per heavy atom. The minimum atomic E-state index is -0.681. The number of hydrogen-bond acceptors (Lipinski definition) is 2. The molecule has 0 saturated heterocycles. The molecule has 2 aromatic heterocycles. The van der Waals surface area contributed by atoms with Gasteiger partial charge < -0.3 is 10.3 Å². The summed E-state index contributed by atoms with van der Waals surface area (Å²) >= 11 is 0. The zero-order valence-corrected chi connectivity index (χ0v) is 17.3. The molecule has 0 spiro atoms. The standard InChI is InChI=1S/C24H21F3N4O/c1-31-12-13(11-29-31)10-28-24(32)16-6-15(7-16)21-19-8-18(26)9-20(27)23(19)30-22(21)14-2-4-17(25)5-3-14/h2-5,8-9,11-12,15-16,30H,6-7,10H2,1H3,(H,28,32). The zero-order valence-electron chi connectivity index (χ0n) is 17.3. The Hall–Kier alpha value is -3.55. The third kappa shape index (κ3) is 3.66. The lowest BCUT2D eigenvalue weighted by Gasteiger charge is -2.35. The fourth-order valence-corrected chi connectivity index (χ4v) is 4.47. The van der Waals surface area contributed by atoms with Crippen LogP contribution in [0, 0.1) is 23.4 Å². The van der Waals surface area contributed by atoms with E-state index >= 15 is 0 Å². The molecule has 0 radical (unpaired) electrons. The molecule has 5 rings (SSSR count). The van der Waals surface area contributed by atoms with Gasteiger partial charge >= 0.3 is 0 Å². The number of aryl methyl sites for hydroxylation is 1. The van der Waals surface area contributed by atoms with Crippen molar-refractivity contribution in [2.75, 3.05) is 0 Å². The molecule has 1 saturated carbocycles. The third-order valence-electron chi connectivity index (χ3n) is 6.14. The number of hydrogen-bond donors (Lipinski definition) is 2. The third-order valence-corrected chi connectivity index (χ3v) is 6.14. The number of nitrogens with zero attached hydrogens (tertiary/aromatic N) is 2. The highest BCUT2D eigenvalue weighted by molar-refractivity contribution is 5.92. The van der Waals surface area contributed by atoms with Gasteiger partial charge in [0.05, 0.1) is 17.4 Å². The first-order valence-electron chi connectivity index (χ1n) is 10.4. The van der Waals surface area contributed by atoms with E-state index in [0.717, 1.165) is 17.2 Å². The van der Waals surface area contributed by atoms with E-state index in [-0.39, 0.29) is 29.1 Å². The summed E-state index contributed by atoms with van der Waals surface area (Å²) in [7, 11) is 1.81. The van der Waals surface area contributed by atoms with E-state index < -0.39 is 11.6 Å². The minimum absolute atomic E-state index is 0.0425. The number of aromatic nitrogens is 3. The van der Waals surface area contributed by atoms with Crippen LogP contribution < -0.4 is 5.32 Å². The molecule has 1 fully saturated rings. The molecule has 164 valence electrons. The fraction of sp³-hybridized carbons (Fsp3) is 0.250. The van der Waals surface area contributed by atoms with Gasteiger partial charge in [-0.3, -0.25) is 9.48 Å². The number of fused-ring (bicyclic) bond motifs is 1. The van der Waals surface area contributed by atoms with Crippen molar-refractivity contribution in [1.82, 2.24) is 20.1 Å². The van der Waals surface area contributed by atoms with E-state index in [1.807, 2.05) is 13.2 Å². The first-order chi connectivity index (χ1) is 15.4. The molecule has 1 aliphatic rings. The molecule has 1 amide bonds. The van der Waals surface area contributed by atoms with Crippen LogP contribution in [0.4, 0.5) is 13.2 Å². The van der Waals surface area contributed by atoms with Crippen molar-refractivity contribution >= 4 is 16.8 Å². The van der Waals surface area contributed by atoms with E-state index in [1.54, 1.807) is 23.0 Å². The van der Waals surface area contributed by atoms with Crippen molar-refractivity contribution in [3.8, 4) is 11.3 Å².